The number of benzene rings is 3. The first-order valence-electron chi connectivity index (χ1n) is 20.5. The number of hydrogen-bond donors (Lipinski definition) is 2. The van der Waals surface area contributed by atoms with E-state index in [9.17, 15) is 19.2 Å². The molecule has 0 radical (unpaired) electrons. The molecular weight excluding hydrogens is 841 g/mol. The third kappa shape index (κ3) is 9.51. The lowest BCUT2D eigenvalue weighted by Crippen LogP contribution is -2.71. The van der Waals surface area contributed by atoms with Crippen LogP contribution in [0.2, 0.25) is 0 Å². The Labute approximate surface area is 372 Å². The van der Waals surface area contributed by atoms with Crippen LogP contribution in [-0.2, 0) is 39.0 Å². The maximum absolute atomic E-state index is 14.5. The molecule has 3 aromatic carbocycles. The highest BCUT2D eigenvalue weighted by Crippen LogP contribution is 2.43. The molecule has 3 aliphatic rings. The lowest BCUT2D eigenvalue weighted by Gasteiger charge is -2.49. The molecule has 3 atom stereocenters. The van der Waals surface area contributed by atoms with Crippen molar-refractivity contribution < 1.29 is 38.2 Å². The average Bonchev–Trinajstić information content (AvgIpc) is 3.75. The van der Waals surface area contributed by atoms with Gasteiger partial charge in [-0.05, 0) is 42.9 Å². The van der Waals surface area contributed by atoms with Crippen molar-refractivity contribution in [3.8, 4) is 0 Å². The lowest BCUT2D eigenvalue weighted by molar-refractivity contribution is -0.169. The van der Waals surface area contributed by atoms with E-state index in [2.05, 4.69) is 20.4 Å². The van der Waals surface area contributed by atoms with Gasteiger partial charge in [0.05, 0.1) is 0 Å². The molecule has 1 saturated carbocycles. The summed E-state index contributed by atoms with van der Waals surface area (Å²) in [5, 5.41) is 8.47. The number of nitrogens with two attached hydrogens (primary N) is 1. The van der Waals surface area contributed by atoms with Gasteiger partial charge >= 0.3 is 12.1 Å². The van der Waals surface area contributed by atoms with E-state index in [0.717, 1.165) is 65.7 Å². The van der Waals surface area contributed by atoms with Crippen molar-refractivity contribution in [1.82, 2.24) is 20.2 Å². The number of rotatable bonds is 14. The molecule has 16 heteroatoms. The van der Waals surface area contributed by atoms with E-state index >= 15 is 0 Å². The van der Waals surface area contributed by atoms with Gasteiger partial charge in [0, 0.05) is 47.1 Å². The maximum Gasteiger partial charge on any atom is 0.511 e. The molecule has 1 unspecified atom stereocenters. The summed E-state index contributed by atoms with van der Waals surface area (Å²) in [6.07, 6.45) is 8.73. The van der Waals surface area contributed by atoms with Crippen molar-refractivity contribution in [2.75, 3.05) is 11.5 Å². The Kier molecular flexibility index (Phi) is 13.3. The second-order valence-electron chi connectivity index (χ2n) is 15.0. The first kappa shape index (κ1) is 42.9. The number of allylic oxidation sites excluding steroid dienone is 1. The molecule has 63 heavy (non-hydrogen) atoms. The van der Waals surface area contributed by atoms with Gasteiger partial charge in [0.1, 0.15) is 28.9 Å². The Morgan fingerprint density at radius 3 is 2.13 bits per heavy atom. The van der Waals surface area contributed by atoms with Crippen LogP contribution < -0.4 is 11.1 Å². The predicted octanol–water partition coefficient (Wildman–Crippen LogP) is 7.58. The fraction of sp³-hybridized carbons (Fsp3) is 0.255. The number of thioether (sulfide) groups is 1. The number of pyridine rings is 1. The van der Waals surface area contributed by atoms with Gasteiger partial charge in [-0.1, -0.05) is 121 Å². The minimum absolute atomic E-state index is 0.0478. The normalized spacial score (nSPS) is 18.5. The van der Waals surface area contributed by atoms with E-state index in [4.69, 9.17) is 24.8 Å². The van der Waals surface area contributed by atoms with Gasteiger partial charge in [-0.25, -0.2) is 14.6 Å². The number of aromatic nitrogens is 2. The predicted molar refractivity (Wildman–Crippen MR) is 239 cm³/mol. The third-order valence-electron chi connectivity index (χ3n) is 10.8. The number of ether oxygens (including phenoxy) is 3. The van der Waals surface area contributed by atoms with Gasteiger partial charge in [0.15, 0.2) is 10.8 Å². The number of nitrogens with zero attached hydrogens (tertiary/aromatic N) is 4. The summed E-state index contributed by atoms with van der Waals surface area (Å²) in [4.78, 5) is 71.7. The number of oxime groups is 1. The Balaban J connectivity index is 1.07. The molecule has 322 valence electrons. The van der Waals surface area contributed by atoms with Crippen LogP contribution in [0.3, 0.4) is 0 Å². The quantitative estimate of drug-likeness (QED) is 0.0279. The molecule has 5 aromatic rings. The number of fused-ring (bicyclic) bond motifs is 1. The summed E-state index contributed by atoms with van der Waals surface area (Å²) < 4.78 is 16.4. The molecule has 4 heterocycles. The summed E-state index contributed by atoms with van der Waals surface area (Å²) in [5.41, 5.74) is 8.08. The highest BCUT2D eigenvalue weighted by Gasteiger charge is 2.55. The summed E-state index contributed by atoms with van der Waals surface area (Å²) in [7, 11) is 0. The van der Waals surface area contributed by atoms with Crippen molar-refractivity contribution in [1.29, 1.82) is 0 Å². The Bertz CT molecular complexity index is 2420. The molecule has 1 aliphatic carbocycles. The van der Waals surface area contributed by atoms with E-state index in [1.54, 1.807) is 36.0 Å². The van der Waals surface area contributed by atoms with Crippen LogP contribution in [-0.4, -0.2) is 74.1 Å². The highest BCUT2D eigenvalue weighted by atomic mass is 32.2. The Morgan fingerprint density at radius 2 is 1.54 bits per heavy atom. The molecule has 14 nitrogen and oxygen atoms in total. The van der Waals surface area contributed by atoms with Gasteiger partial charge < -0.3 is 30.1 Å². The first-order valence-corrected chi connectivity index (χ1v) is 22.4. The molecule has 1 saturated heterocycles. The van der Waals surface area contributed by atoms with Crippen molar-refractivity contribution in [2.24, 2.45) is 5.16 Å². The smallest absolute Gasteiger partial charge is 0.431 e. The summed E-state index contributed by atoms with van der Waals surface area (Å²) in [6.45, 7) is 1.40. The number of nitrogens with one attached hydrogen (secondary N) is 1. The monoisotopic (exact) mass is 884 g/mol. The van der Waals surface area contributed by atoms with Crippen LogP contribution in [0.4, 0.5) is 9.93 Å². The van der Waals surface area contributed by atoms with Crippen LogP contribution in [0.5, 0.6) is 0 Å². The van der Waals surface area contributed by atoms with Gasteiger partial charge in [0.25, 0.3) is 11.8 Å². The number of carbonyl (C=O) groups excluding carboxylic acids is 4. The molecular formula is C47H44N6O8S2. The average molecular weight is 885 g/mol. The molecule has 3 N–H and O–H groups in total. The number of carbonyl (C=O) groups is 4. The zero-order valence-electron chi connectivity index (χ0n) is 34.2. The summed E-state index contributed by atoms with van der Waals surface area (Å²) in [5.74, 6) is -1.96. The Morgan fingerprint density at radius 1 is 0.889 bits per heavy atom. The fourth-order valence-corrected chi connectivity index (χ4v) is 9.61. The lowest BCUT2D eigenvalue weighted by atomic mass is 9.80. The van der Waals surface area contributed by atoms with Crippen molar-refractivity contribution in [3.63, 3.8) is 0 Å². The second-order valence-corrected chi connectivity index (χ2v) is 16.9. The number of hydrogen-bond acceptors (Lipinski definition) is 14. The molecule has 8 rings (SSSR count). The number of anilines is 1. The summed E-state index contributed by atoms with van der Waals surface area (Å²) in [6, 6.07) is 31.1. The number of β-lactam (4-membered cyclic amide) rings is 1. The van der Waals surface area contributed by atoms with Gasteiger partial charge in [-0.3, -0.25) is 19.5 Å². The molecule has 0 bridgehead atoms. The number of esters is 1. The number of amides is 2. The van der Waals surface area contributed by atoms with E-state index < -0.39 is 47.2 Å². The second kappa shape index (κ2) is 19.5. The standard InChI is InChI=1S/C47H44N6O8S2/c1-30(59-46(57)60-36-22-12-5-13-23-36)58-44(56)40-32(25-24-31-15-14-26-49-27-31)28-62-43-39(42(55)53(40)43)51-41(54)38(37-29-63-45(48)50-37)52-61-47(33-16-6-2-7-17-33,34-18-8-3-9-19-34)35-20-10-4-11-21-35/h2-4,6-11,14-21,24-27,29-30,36,39,43H,5,12-13,22-23,28H2,1H3,(H2,48,50)(H,51,54)/b25-24-,52-38?/t30?,39-,43+/m1/s1. The zero-order valence-corrected chi connectivity index (χ0v) is 35.8. The van der Waals surface area contributed by atoms with Crippen LogP contribution in [0, 0.1) is 0 Å². The molecule has 2 aliphatic heterocycles. The van der Waals surface area contributed by atoms with Crippen molar-refractivity contribution >= 4 is 64.0 Å². The topological polar surface area (TPSA) is 185 Å². The Hall–Kier alpha value is -6.78. The minimum atomic E-state index is -1.33. The number of nitrogen functional groups attached to an aromatic ring is 1. The highest BCUT2D eigenvalue weighted by molar-refractivity contribution is 8.00. The van der Waals surface area contributed by atoms with Crippen LogP contribution in [0.25, 0.3) is 6.08 Å². The number of thiazole rings is 1. The van der Waals surface area contributed by atoms with Crippen LogP contribution in [0.1, 0.15) is 67.0 Å². The van der Waals surface area contributed by atoms with E-state index in [0.29, 0.717) is 5.57 Å². The fourth-order valence-electron chi connectivity index (χ4n) is 7.75. The van der Waals surface area contributed by atoms with Crippen LogP contribution in [0.15, 0.2) is 143 Å². The van der Waals surface area contributed by atoms with E-state index in [-0.39, 0.29) is 34.1 Å². The molecule has 0 spiro atoms. The van der Waals surface area contributed by atoms with E-state index in [1.807, 2.05) is 97.1 Å². The summed E-state index contributed by atoms with van der Waals surface area (Å²) >= 11 is 2.47. The zero-order chi connectivity index (χ0) is 43.8. The maximum atomic E-state index is 14.5. The molecule has 2 amide bonds. The molecule has 2 aromatic heterocycles. The van der Waals surface area contributed by atoms with Gasteiger partial charge in [0.2, 0.25) is 11.9 Å². The third-order valence-corrected chi connectivity index (χ3v) is 12.8. The van der Waals surface area contributed by atoms with Gasteiger partial charge in [-0.15, -0.1) is 23.1 Å². The largest absolute Gasteiger partial charge is 0.511 e. The minimum Gasteiger partial charge on any atom is -0.431 e. The van der Waals surface area contributed by atoms with Crippen molar-refractivity contribution in [3.05, 3.63) is 166 Å². The molecule has 2 fully saturated rings. The van der Waals surface area contributed by atoms with E-state index in [1.165, 1.54) is 23.6 Å². The SMILES string of the molecule is CC(OC(=O)OC1CCCCC1)OC(=O)C1=C(/C=C\c2cccnc2)CS[C@H]2[C@H](NC(=O)C(=NOC(c3ccccc3)(c3ccccc3)c3ccccc3)c3csc(N)n3)C(=O)N12. The first-order chi connectivity index (χ1) is 30.7. The van der Waals surface area contributed by atoms with Gasteiger partial charge in [-0.2, -0.15) is 0 Å². The van der Waals surface area contributed by atoms with Crippen LogP contribution >= 0.6 is 23.1 Å². The van der Waals surface area contributed by atoms with Crippen molar-refractivity contribution in [2.45, 2.75) is 68.4 Å².